The number of nitrogens with zero attached hydrogens (tertiary/aromatic N) is 7. The number of hydrogen-bond acceptors (Lipinski definition) is 10. The minimum atomic E-state index is -0.237. The number of carbonyl (C=O) groups is 1. The van der Waals surface area contributed by atoms with E-state index in [-0.39, 0.29) is 5.91 Å². The molecule has 0 spiro atoms. The van der Waals surface area contributed by atoms with Crippen LogP contribution < -0.4 is 20.3 Å². The molecule has 4 aromatic heterocycles. The van der Waals surface area contributed by atoms with E-state index in [9.17, 15) is 4.79 Å². The van der Waals surface area contributed by atoms with E-state index in [0.717, 1.165) is 74.2 Å². The van der Waals surface area contributed by atoms with Crippen LogP contribution in [-0.2, 0) is 4.79 Å². The molecule has 46 heavy (non-hydrogen) atoms. The molecule has 12 heteroatoms. The standard InChI is InChI=1S/C34H33N9O2S/c1-5-32(44)40-27-15-22(6-8-28(27)42-12-10-24(18-42)41(3)4)30-17-26-33(36-19-37-34(26)46-30)39-23-7-9-29(21(2)14-23)45-25-11-13-43-31(16-25)35-20-38-43/h5-9,11,13-17,19-20,24H,1,10,12,18H2,2-4H3,(H,40,44)(H,36,37,39)/t24-/m1/s1. The fourth-order valence-corrected chi connectivity index (χ4v) is 6.69. The topological polar surface area (TPSA) is 113 Å². The molecule has 2 aromatic carbocycles. The maximum Gasteiger partial charge on any atom is 0.247 e. The van der Waals surface area contributed by atoms with Crippen LogP contribution in [0.1, 0.15) is 12.0 Å². The van der Waals surface area contributed by atoms with E-state index in [0.29, 0.717) is 17.6 Å². The number of thiophene rings is 1. The molecular weight excluding hydrogens is 599 g/mol. The zero-order chi connectivity index (χ0) is 31.8. The first-order valence-electron chi connectivity index (χ1n) is 14.9. The van der Waals surface area contributed by atoms with Gasteiger partial charge in [-0.25, -0.2) is 19.5 Å². The summed E-state index contributed by atoms with van der Waals surface area (Å²) >= 11 is 1.58. The molecule has 5 heterocycles. The van der Waals surface area contributed by atoms with Crippen LogP contribution >= 0.6 is 11.3 Å². The van der Waals surface area contributed by atoms with Crippen molar-refractivity contribution in [2.75, 3.05) is 42.7 Å². The first-order chi connectivity index (χ1) is 22.3. The van der Waals surface area contributed by atoms with Crippen LogP contribution in [0, 0.1) is 6.92 Å². The lowest BCUT2D eigenvalue weighted by molar-refractivity contribution is -0.111. The second-order valence-electron chi connectivity index (χ2n) is 11.5. The van der Waals surface area contributed by atoms with Gasteiger partial charge < -0.3 is 25.2 Å². The average molecular weight is 632 g/mol. The molecule has 0 radical (unpaired) electrons. The predicted octanol–water partition coefficient (Wildman–Crippen LogP) is 6.51. The molecule has 0 bridgehead atoms. The third-order valence-corrected chi connectivity index (χ3v) is 9.30. The highest BCUT2D eigenvalue weighted by molar-refractivity contribution is 7.21. The number of carbonyl (C=O) groups excluding carboxylic acids is 1. The Labute approximate surface area is 270 Å². The van der Waals surface area contributed by atoms with E-state index < -0.39 is 0 Å². The lowest BCUT2D eigenvalue weighted by Crippen LogP contribution is -2.31. The number of rotatable bonds is 9. The number of fused-ring (bicyclic) bond motifs is 2. The number of amides is 1. The number of ether oxygens (including phenoxy) is 1. The maximum atomic E-state index is 12.4. The molecule has 11 nitrogen and oxygen atoms in total. The van der Waals surface area contributed by atoms with Crippen molar-refractivity contribution in [2.45, 2.75) is 19.4 Å². The summed E-state index contributed by atoms with van der Waals surface area (Å²) in [5.41, 5.74) is 5.32. The Bertz CT molecular complexity index is 2090. The van der Waals surface area contributed by atoms with Crippen LogP contribution in [0.25, 0.3) is 26.3 Å². The Morgan fingerprint density at radius 3 is 2.78 bits per heavy atom. The monoisotopic (exact) mass is 631 g/mol. The third-order valence-electron chi connectivity index (χ3n) is 8.21. The van der Waals surface area contributed by atoms with Gasteiger partial charge in [-0.2, -0.15) is 5.10 Å². The van der Waals surface area contributed by atoms with Crippen LogP contribution in [0.15, 0.2) is 86.1 Å². The number of pyridine rings is 1. The van der Waals surface area contributed by atoms with Gasteiger partial charge in [0, 0.05) is 42.0 Å². The molecule has 1 atom stereocenters. The van der Waals surface area contributed by atoms with E-state index in [1.807, 2.05) is 49.5 Å². The van der Waals surface area contributed by atoms with Crippen molar-refractivity contribution in [1.29, 1.82) is 0 Å². The summed E-state index contributed by atoms with van der Waals surface area (Å²) in [4.78, 5) is 32.2. The van der Waals surface area contributed by atoms with Gasteiger partial charge in [-0.1, -0.05) is 12.6 Å². The number of aryl methyl sites for hydroxylation is 1. The summed E-state index contributed by atoms with van der Waals surface area (Å²) in [6.07, 6.45) is 7.28. The van der Waals surface area contributed by atoms with Crippen molar-refractivity contribution in [3.05, 3.63) is 91.7 Å². The summed E-state index contributed by atoms with van der Waals surface area (Å²) in [5.74, 6) is 1.90. The first kappa shape index (κ1) is 29.4. The van der Waals surface area contributed by atoms with Crippen molar-refractivity contribution >= 4 is 56.0 Å². The fraction of sp³-hybridized carbons (Fsp3) is 0.206. The minimum absolute atomic E-state index is 0.237. The quantitative estimate of drug-likeness (QED) is 0.173. The molecule has 1 amide bonds. The van der Waals surface area contributed by atoms with Gasteiger partial charge in [0.2, 0.25) is 5.91 Å². The molecular formula is C34H33N9O2S. The Morgan fingerprint density at radius 2 is 1.98 bits per heavy atom. The highest BCUT2D eigenvalue weighted by Gasteiger charge is 2.26. The van der Waals surface area contributed by atoms with E-state index in [1.165, 1.54) is 12.4 Å². The maximum absolute atomic E-state index is 12.4. The molecule has 1 aliphatic rings. The Morgan fingerprint density at radius 1 is 1.09 bits per heavy atom. The van der Waals surface area contributed by atoms with Gasteiger partial charge in [0.1, 0.15) is 34.8 Å². The van der Waals surface area contributed by atoms with Crippen LogP contribution in [0.2, 0.25) is 0 Å². The lowest BCUT2D eigenvalue weighted by atomic mass is 10.1. The van der Waals surface area contributed by atoms with Gasteiger partial charge in [-0.3, -0.25) is 4.79 Å². The molecule has 232 valence electrons. The fourth-order valence-electron chi connectivity index (χ4n) is 5.69. The zero-order valence-corrected chi connectivity index (χ0v) is 26.6. The number of aromatic nitrogens is 5. The van der Waals surface area contributed by atoms with E-state index in [2.05, 4.69) is 79.4 Å². The van der Waals surface area contributed by atoms with Crippen molar-refractivity contribution in [2.24, 2.45) is 0 Å². The van der Waals surface area contributed by atoms with Crippen LogP contribution in [0.5, 0.6) is 11.5 Å². The molecule has 7 rings (SSSR count). The Balaban J connectivity index is 1.14. The normalized spacial score (nSPS) is 14.7. The molecule has 1 fully saturated rings. The van der Waals surface area contributed by atoms with E-state index in [1.54, 1.807) is 22.2 Å². The third kappa shape index (κ3) is 5.87. The van der Waals surface area contributed by atoms with Crippen LogP contribution in [-0.4, -0.2) is 68.6 Å². The molecule has 0 unspecified atom stereocenters. The van der Waals surface area contributed by atoms with Crippen molar-refractivity contribution in [1.82, 2.24) is 29.5 Å². The van der Waals surface area contributed by atoms with Crippen LogP contribution in [0.3, 0.4) is 0 Å². The first-order valence-corrected chi connectivity index (χ1v) is 15.7. The molecule has 6 aromatic rings. The summed E-state index contributed by atoms with van der Waals surface area (Å²) in [6.45, 7) is 7.48. The number of likely N-dealkylation sites (N-methyl/N-ethyl adjacent to an activating group) is 1. The Hall–Kier alpha value is -5.33. The SMILES string of the molecule is C=CC(=O)Nc1cc(-c2cc3c(Nc4ccc(Oc5ccn6ncnc6c5)c(C)c4)ncnc3s2)ccc1N1CC[C@@H](N(C)C)C1. The average Bonchev–Trinajstić information content (AvgIpc) is 3.82. The van der Waals surface area contributed by atoms with E-state index >= 15 is 0 Å². The van der Waals surface area contributed by atoms with Gasteiger partial charge in [0.05, 0.1) is 16.8 Å². The van der Waals surface area contributed by atoms with Gasteiger partial charge >= 0.3 is 0 Å². The predicted molar refractivity (Wildman–Crippen MR) is 184 cm³/mol. The highest BCUT2D eigenvalue weighted by Crippen LogP contribution is 2.40. The lowest BCUT2D eigenvalue weighted by Gasteiger charge is -2.24. The van der Waals surface area contributed by atoms with Crippen LogP contribution in [0.4, 0.5) is 22.9 Å². The summed E-state index contributed by atoms with van der Waals surface area (Å²) in [6, 6.07) is 18.4. The summed E-state index contributed by atoms with van der Waals surface area (Å²) < 4.78 is 7.83. The molecule has 1 aliphatic heterocycles. The van der Waals surface area contributed by atoms with Crippen molar-refractivity contribution in [3.63, 3.8) is 0 Å². The zero-order valence-electron chi connectivity index (χ0n) is 25.8. The number of nitrogens with one attached hydrogen (secondary N) is 2. The molecule has 1 saturated heterocycles. The van der Waals surface area contributed by atoms with Crippen molar-refractivity contribution in [3.8, 4) is 21.9 Å². The number of hydrogen-bond donors (Lipinski definition) is 2. The highest BCUT2D eigenvalue weighted by atomic mass is 32.1. The minimum Gasteiger partial charge on any atom is -0.457 e. The molecule has 2 N–H and O–H groups in total. The second-order valence-corrected chi connectivity index (χ2v) is 12.5. The van der Waals surface area contributed by atoms with Gasteiger partial charge in [-0.05, 0) is 87.1 Å². The molecule has 0 saturated carbocycles. The number of benzene rings is 2. The van der Waals surface area contributed by atoms with Gasteiger partial charge in [0.15, 0.2) is 5.65 Å². The largest absolute Gasteiger partial charge is 0.457 e. The van der Waals surface area contributed by atoms with Gasteiger partial charge in [-0.15, -0.1) is 11.3 Å². The Kier molecular flexibility index (Phi) is 7.81. The molecule has 0 aliphatic carbocycles. The number of anilines is 4. The second kappa shape index (κ2) is 12.2. The summed E-state index contributed by atoms with van der Waals surface area (Å²) in [7, 11) is 4.22. The van der Waals surface area contributed by atoms with Gasteiger partial charge in [0.25, 0.3) is 0 Å². The summed E-state index contributed by atoms with van der Waals surface area (Å²) in [5, 5.41) is 11.5. The van der Waals surface area contributed by atoms with E-state index in [4.69, 9.17) is 4.74 Å². The van der Waals surface area contributed by atoms with Crippen molar-refractivity contribution < 1.29 is 9.53 Å². The smallest absolute Gasteiger partial charge is 0.247 e.